The summed E-state index contributed by atoms with van der Waals surface area (Å²) in [6.45, 7) is 2.18. The molecule has 0 aliphatic heterocycles. The molecule has 1 saturated carbocycles. The van der Waals surface area contributed by atoms with Crippen LogP contribution in [0.1, 0.15) is 32.6 Å². The van der Waals surface area contributed by atoms with Gasteiger partial charge < -0.3 is 15.8 Å². The number of ether oxygens (including phenoxy) is 1. The Bertz CT molecular complexity index is 479. The molecule has 0 aromatic heterocycles. The van der Waals surface area contributed by atoms with Crippen LogP contribution in [0.15, 0.2) is 18.2 Å². The van der Waals surface area contributed by atoms with Crippen LogP contribution in [0.3, 0.4) is 0 Å². The summed E-state index contributed by atoms with van der Waals surface area (Å²) in [5.74, 6) is -0.234. The highest BCUT2D eigenvalue weighted by Crippen LogP contribution is 2.26. The van der Waals surface area contributed by atoms with Crippen LogP contribution < -0.4 is 11.1 Å². The standard InChI is InChI=1S/C15H21FN2O2/c1-10-4-2-3-5-14(10)20-9-15(19)18-11-6-7-12(16)13(17)8-11/h6-8,10,14H,2-5,9,17H2,1H3,(H,18,19). The Morgan fingerprint density at radius 3 is 2.90 bits per heavy atom. The van der Waals surface area contributed by atoms with Crippen LogP contribution >= 0.6 is 0 Å². The molecule has 2 rings (SSSR count). The molecule has 1 fully saturated rings. The lowest BCUT2D eigenvalue weighted by atomic mass is 9.88. The van der Waals surface area contributed by atoms with Gasteiger partial charge in [0.25, 0.3) is 0 Å². The van der Waals surface area contributed by atoms with Gasteiger partial charge >= 0.3 is 0 Å². The fourth-order valence-corrected chi connectivity index (χ4v) is 2.53. The van der Waals surface area contributed by atoms with E-state index in [1.165, 1.54) is 24.6 Å². The third kappa shape index (κ3) is 3.93. The van der Waals surface area contributed by atoms with Crippen molar-refractivity contribution >= 4 is 17.3 Å². The molecule has 1 aliphatic rings. The largest absolute Gasteiger partial charge is 0.396 e. The summed E-state index contributed by atoms with van der Waals surface area (Å²) in [5.41, 5.74) is 5.95. The second-order valence-corrected chi connectivity index (χ2v) is 5.40. The summed E-state index contributed by atoms with van der Waals surface area (Å²) in [7, 11) is 0. The first-order valence-corrected chi connectivity index (χ1v) is 7.02. The molecule has 2 atom stereocenters. The van der Waals surface area contributed by atoms with E-state index in [4.69, 9.17) is 10.5 Å². The van der Waals surface area contributed by atoms with E-state index in [0.717, 1.165) is 19.3 Å². The summed E-state index contributed by atoms with van der Waals surface area (Å²) >= 11 is 0. The first-order chi connectivity index (χ1) is 9.56. The SMILES string of the molecule is CC1CCCCC1OCC(=O)Nc1ccc(F)c(N)c1. The van der Waals surface area contributed by atoms with Gasteiger partial charge in [-0.05, 0) is 37.0 Å². The predicted molar refractivity (Wildman–Crippen MR) is 76.8 cm³/mol. The number of nitrogens with one attached hydrogen (secondary N) is 1. The minimum Gasteiger partial charge on any atom is -0.396 e. The van der Waals surface area contributed by atoms with Gasteiger partial charge in [0.2, 0.25) is 5.91 Å². The maximum atomic E-state index is 13.0. The van der Waals surface area contributed by atoms with Crippen LogP contribution in [0.5, 0.6) is 0 Å². The molecule has 20 heavy (non-hydrogen) atoms. The van der Waals surface area contributed by atoms with Gasteiger partial charge in [-0.25, -0.2) is 4.39 Å². The third-order valence-corrected chi connectivity index (χ3v) is 3.74. The fraction of sp³-hybridized carbons (Fsp3) is 0.533. The van der Waals surface area contributed by atoms with Crippen molar-refractivity contribution in [1.82, 2.24) is 0 Å². The summed E-state index contributed by atoms with van der Waals surface area (Å²) in [6.07, 6.45) is 4.72. The minimum absolute atomic E-state index is 0.0182. The zero-order valence-electron chi connectivity index (χ0n) is 11.7. The van der Waals surface area contributed by atoms with E-state index in [1.54, 1.807) is 0 Å². The van der Waals surface area contributed by atoms with Gasteiger partial charge in [-0.1, -0.05) is 19.8 Å². The molecule has 2 unspecified atom stereocenters. The molecule has 1 aromatic carbocycles. The second-order valence-electron chi connectivity index (χ2n) is 5.40. The molecule has 110 valence electrons. The number of hydrogen-bond acceptors (Lipinski definition) is 3. The van der Waals surface area contributed by atoms with E-state index in [0.29, 0.717) is 11.6 Å². The van der Waals surface area contributed by atoms with Gasteiger partial charge in [0.15, 0.2) is 0 Å². The maximum absolute atomic E-state index is 13.0. The number of rotatable bonds is 4. The molecule has 0 radical (unpaired) electrons. The van der Waals surface area contributed by atoms with E-state index in [2.05, 4.69) is 12.2 Å². The zero-order chi connectivity index (χ0) is 14.5. The van der Waals surface area contributed by atoms with Crippen molar-refractivity contribution in [1.29, 1.82) is 0 Å². The van der Waals surface area contributed by atoms with Crippen molar-refractivity contribution in [3.63, 3.8) is 0 Å². The normalized spacial score (nSPS) is 22.5. The van der Waals surface area contributed by atoms with Crippen LogP contribution in [-0.2, 0) is 9.53 Å². The Labute approximate surface area is 118 Å². The van der Waals surface area contributed by atoms with Gasteiger partial charge in [0, 0.05) is 5.69 Å². The topological polar surface area (TPSA) is 64.3 Å². The molecule has 0 saturated heterocycles. The molecule has 1 aromatic rings. The lowest BCUT2D eigenvalue weighted by molar-refractivity contribution is -0.124. The summed E-state index contributed by atoms with van der Waals surface area (Å²) < 4.78 is 18.7. The number of anilines is 2. The molecule has 1 amide bonds. The quantitative estimate of drug-likeness (QED) is 0.833. The monoisotopic (exact) mass is 280 g/mol. The molecular formula is C15H21FN2O2. The number of benzene rings is 1. The predicted octanol–water partition coefficient (Wildman–Crippen LogP) is 2.94. The number of nitrogens with two attached hydrogens (primary N) is 1. The van der Waals surface area contributed by atoms with E-state index >= 15 is 0 Å². The summed E-state index contributed by atoms with van der Waals surface area (Å²) in [6, 6.07) is 4.11. The lowest BCUT2D eigenvalue weighted by Gasteiger charge is -2.28. The Morgan fingerprint density at radius 2 is 2.20 bits per heavy atom. The molecule has 0 heterocycles. The Balaban J connectivity index is 1.81. The van der Waals surface area contributed by atoms with E-state index < -0.39 is 5.82 Å². The van der Waals surface area contributed by atoms with Crippen molar-refractivity contribution in [2.24, 2.45) is 5.92 Å². The molecule has 3 N–H and O–H groups in total. The molecule has 0 bridgehead atoms. The zero-order valence-corrected chi connectivity index (χ0v) is 11.7. The number of halogens is 1. The number of amides is 1. The highest BCUT2D eigenvalue weighted by molar-refractivity contribution is 5.92. The van der Waals surface area contributed by atoms with Crippen LogP contribution in [0, 0.1) is 11.7 Å². The van der Waals surface area contributed by atoms with E-state index in [1.807, 2.05) is 0 Å². The smallest absolute Gasteiger partial charge is 0.250 e. The van der Waals surface area contributed by atoms with E-state index in [9.17, 15) is 9.18 Å². The average molecular weight is 280 g/mol. The van der Waals surface area contributed by atoms with Gasteiger partial charge in [-0.15, -0.1) is 0 Å². The number of hydrogen-bond donors (Lipinski definition) is 2. The molecule has 1 aliphatic carbocycles. The van der Waals surface area contributed by atoms with Crippen LogP contribution in [-0.4, -0.2) is 18.6 Å². The average Bonchev–Trinajstić information content (AvgIpc) is 2.42. The first-order valence-electron chi connectivity index (χ1n) is 7.02. The highest BCUT2D eigenvalue weighted by Gasteiger charge is 2.22. The van der Waals surface area contributed by atoms with Gasteiger partial charge in [0.1, 0.15) is 12.4 Å². The molecular weight excluding hydrogens is 259 g/mol. The Hall–Kier alpha value is -1.62. The van der Waals surface area contributed by atoms with Crippen molar-refractivity contribution in [3.8, 4) is 0 Å². The second kappa shape index (κ2) is 6.70. The lowest BCUT2D eigenvalue weighted by Crippen LogP contribution is -2.29. The van der Waals surface area contributed by atoms with Gasteiger partial charge in [0.05, 0.1) is 11.8 Å². The number of nitrogen functional groups attached to an aromatic ring is 1. The molecule has 5 heteroatoms. The maximum Gasteiger partial charge on any atom is 0.250 e. The Kier molecular flexibility index (Phi) is 4.95. The van der Waals surface area contributed by atoms with Crippen molar-refractivity contribution in [2.45, 2.75) is 38.7 Å². The number of carbonyl (C=O) groups is 1. The van der Waals surface area contributed by atoms with Gasteiger partial charge in [-0.2, -0.15) is 0 Å². The molecule has 0 spiro atoms. The van der Waals surface area contributed by atoms with Crippen LogP contribution in [0.2, 0.25) is 0 Å². The van der Waals surface area contributed by atoms with Crippen LogP contribution in [0.25, 0.3) is 0 Å². The number of carbonyl (C=O) groups excluding carboxylic acids is 1. The Morgan fingerprint density at radius 1 is 1.45 bits per heavy atom. The van der Waals surface area contributed by atoms with E-state index in [-0.39, 0.29) is 24.3 Å². The third-order valence-electron chi connectivity index (χ3n) is 3.74. The minimum atomic E-state index is -0.490. The first kappa shape index (κ1) is 14.8. The van der Waals surface area contributed by atoms with Gasteiger partial charge in [-0.3, -0.25) is 4.79 Å². The van der Waals surface area contributed by atoms with Crippen molar-refractivity contribution in [2.75, 3.05) is 17.7 Å². The summed E-state index contributed by atoms with van der Waals surface area (Å²) in [5, 5.41) is 2.65. The fourth-order valence-electron chi connectivity index (χ4n) is 2.53. The van der Waals surface area contributed by atoms with Crippen molar-refractivity contribution in [3.05, 3.63) is 24.0 Å². The highest BCUT2D eigenvalue weighted by atomic mass is 19.1. The summed E-state index contributed by atoms with van der Waals surface area (Å²) in [4.78, 5) is 11.8. The molecule has 4 nitrogen and oxygen atoms in total. The van der Waals surface area contributed by atoms with Crippen molar-refractivity contribution < 1.29 is 13.9 Å². The van der Waals surface area contributed by atoms with Crippen LogP contribution in [0.4, 0.5) is 15.8 Å².